The van der Waals surface area contributed by atoms with Crippen molar-refractivity contribution in [1.29, 1.82) is 0 Å². The minimum absolute atomic E-state index is 0.367. The molecule has 0 aliphatic heterocycles. The maximum atomic E-state index is 13.2. The molecule has 0 aromatic heterocycles. The molecule has 3 nitrogen and oxygen atoms in total. The van der Waals surface area contributed by atoms with Gasteiger partial charge in [-0.15, -0.1) is 0 Å². The van der Waals surface area contributed by atoms with Gasteiger partial charge in [-0.25, -0.2) is 8.78 Å². The second kappa shape index (κ2) is 7.33. The summed E-state index contributed by atoms with van der Waals surface area (Å²) in [4.78, 5) is 1.84. The van der Waals surface area contributed by atoms with Gasteiger partial charge in [-0.05, 0) is 42.4 Å². The van der Waals surface area contributed by atoms with Crippen molar-refractivity contribution >= 4 is 0 Å². The van der Waals surface area contributed by atoms with Crippen molar-refractivity contribution in [3.05, 3.63) is 65.2 Å². The highest BCUT2D eigenvalue weighted by Crippen LogP contribution is 2.20. The molecule has 22 heavy (non-hydrogen) atoms. The molecular weight excluding hydrogens is 288 g/mol. The summed E-state index contributed by atoms with van der Waals surface area (Å²) in [6.45, 7) is 0.782. The lowest BCUT2D eigenvalue weighted by molar-refractivity contribution is 0.123. The highest BCUT2D eigenvalue weighted by Gasteiger charge is 2.12. The first-order valence-corrected chi connectivity index (χ1v) is 6.94. The molecule has 0 radical (unpaired) electrons. The van der Waals surface area contributed by atoms with E-state index in [0.29, 0.717) is 24.4 Å². The Kier molecular flexibility index (Phi) is 5.46. The standard InChI is InChI=1S/C17H19F2NO2/c1-20(10-12-6-7-15(18)16(19)8-12)11-17(21)13-4-3-5-14(9-13)22-2/h3-9,17,21H,10-11H2,1-2H3. The Hall–Kier alpha value is -1.98. The average molecular weight is 307 g/mol. The lowest BCUT2D eigenvalue weighted by Gasteiger charge is -2.21. The van der Waals surface area contributed by atoms with Crippen LogP contribution in [-0.2, 0) is 6.54 Å². The minimum atomic E-state index is -0.862. The quantitative estimate of drug-likeness (QED) is 0.890. The van der Waals surface area contributed by atoms with E-state index >= 15 is 0 Å². The Bertz CT molecular complexity index is 634. The SMILES string of the molecule is COc1cccc(C(O)CN(C)Cc2ccc(F)c(F)c2)c1. The van der Waals surface area contributed by atoms with Gasteiger partial charge in [0.2, 0.25) is 0 Å². The molecule has 1 atom stereocenters. The maximum Gasteiger partial charge on any atom is 0.159 e. The van der Waals surface area contributed by atoms with E-state index in [0.717, 1.165) is 11.6 Å². The highest BCUT2D eigenvalue weighted by molar-refractivity contribution is 5.30. The molecule has 0 bridgehead atoms. The van der Waals surface area contributed by atoms with E-state index in [4.69, 9.17) is 4.74 Å². The largest absolute Gasteiger partial charge is 0.497 e. The van der Waals surface area contributed by atoms with E-state index in [1.165, 1.54) is 12.1 Å². The first kappa shape index (κ1) is 16.4. The van der Waals surface area contributed by atoms with Crippen LogP contribution in [0, 0.1) is 11.6 Å². The molecule has 0 amide bonds. The van der Waals surface area contributed by atoms with Gasteiger partial charge in [-0.3, -0.25) is 4.90 Å². The number of halogens is 2. The van der Waals surface area contributed by atoms with Crippen molar-refractivity contribution < 1.29 is 18.6 Å². The van der Waals surface area contributed by atoms with Gasteiger partial charge in [0.15, 0.2) is 11.6 Å². The summed E-state index contributed by atoms with van der Waals surface area (Å²) < 4.78 is 31.2. The Morgan fingerprint density at radius 3 is 2.59 bits per heavy atom. The number of methoxy groups -OCH3 is 1. The second-order valence-corrected chi connectivity index (χ2v) is 5.24. The van der Waals surface area contributed by atoms with Crippen molar-refractivity contribution in [1.82, 2.24) is 4.90 Å². The van der Waals surface area contributed by atoms with Crippen molar-refractivity contribution in [2.24, 2.45) is 0 Å². The van der Waals surface area contributed by atoms with Gasteiger partial charge in [-0.2, -0.15) is 0 Å². The number of hydrogen-bond acceptors (Lipinski definition) is 3. The minimum Gasteiger partial charge on any atom is -0.497 e. The molecule has 0 spiro atoms. The zero-order valence-corrected chi connectivity index (χ0v) is 12.6. The van der Waals surface area contributed by atoms with Crippen LogP contribution < -0.4 is 4.74 Å². The summed E-state index contributed by atoms with van der Waals surface area (Å²) in [5.41, 5.74) is 1.40. The molecule has 0 saturated heterocycles. The normalized spacial score (nSPS) is 12.5. The fraction of sp³-hybridized carbons (Fsp3) is 0.294. The Balaban J connectivity index is 1.98. The van der Waals surface area contributed by atoms with Crippen molar-refractivity contribution in [3.63, 3.8) is 0 Å². The van der Waals surface area contributed by atoms with Gasteiger partial charge in [0.1, 0.15) is 5.75 Å². The third-order valence-corrected chi connectivity index (χ3v) is 3.40. The number of benzene rings is 2. The number of rotatable bonds is 6. The molecule has 0 fully saturated rings. The number of nitrogens with zero attached hydrogens (tertiary/aromatic N) is 1. The first-order chi connectivity index (χ1) is 10.5. The molecule has 5 heteroatoms. The average Bonchev–Trinajstić information content (AvgIpc) is 2.51. The van der Waals surface area contributed by atoms with E-state index < -0.39 is 17.7 Å². The fourth-order valence-electron chi connectivity index (χ4n) is 2.26. The molecule has 0 aliphatic rings. The summed E-state index contributed by atoms with van der Waals surface area (Å²) >= 11 is 0. The van der Waals surface area contributed by atoms with E-state index in [-0.39, 0.29) is 0 Å². The monoisotopic (exact) mass is 307 g/mol. The third kappa shape index (κ3) is 4.26. The van der Waals surface area contributed by atoms with Crippen LogP contribution in [0.5, 0.6) is 5.75 Å². The van der Waals surface area contributed by atoms with Gasteiger partial charge >= 0.3 is 0 Å². The maximum absolute atomic E-state index is 13.2. The number of hydrogen-bond donors (Lipinski definition) is 1. The van der Waals surface area contributed by atoms with Gasteiger partial charge in [0, 0.05) is 13.1 Å². The Labute approximate surface area is 128 Å². The fourth-order valence-corrected chi connectivity index (χ4v) is 2.26. The summed E-state index contributed by atoms with van der Waals surface area (Å²) in [5.74, 6) is -1.04. The van der Waals surface area contributed by atoms with Gasteiger partial charge in [0.05, 0.1) is 13.2 Å². The molecule has 118 valence electrons. The van der Waals surface area contributed by atoms with Crippen LogP contribution in [0.4, 0.5) is 8.78 Å². The first-order valence-electron chi connectivity index (χ1n) is 6.94. The number of aliphatic hydroxyl groups excluding tert-OH is 1. The van der Waals surface area contributed by atoms with Crippen LogP contribution in [0.15, 0.2) is 42.5 Å². The van der Waals surface area contributed by atoms with Crippen molar-refractivity contribution in [3.8, 4) is 5.75 Å². The second-order valence-electron chi connectivity index (χ2n) is 5.24. The topological polar surface area (TPSA) is 32.7 Å². The summed E-state index contributed by atoms with van der Waals surface area (Å²) in [7, 11) is 3.38. The zero-order valence-electron chi connectivity index (χ0n) is 12.6. The predicted molar refractivity (Wildman–Crippen MR) is 80.6 cm³/mol. The molecule has 1 unspecified atom stereocenters. The summed E-state index contributed by atoms with van der Waals surface area (Å²) in [5, 5.41) is 10.3. The van der Waals surface area contributed by atoms with Crippen LogP contribution >= 0.6 is 0 Å². The van der Waals surface area contributed by atoms with Crippen LogP contribution in [0.3, 0.4) is 0 Å². The van der Waals surface area contributed by atoms with Gasteiger partial charge in [0.25, 0.3) is 0 Å². The van der Waals surface area contributed by atoms with Gasteiger partial charge < -0.3 is 9.84 Å². The van der Waals surface area contributed by atoms with E-state index in [1.54, 1.807) is 19.2 Å². The van der Waals surface area contributed by atoms with Crippen LogP contribution in [0.25, 0.3) is 0 Å². The lowest BCUT2D eigenvalue weighted by atomic mass is 10.1. The van der Waals surface area contributed by atoms with Crippen molar-refractivity contribution in [2.75, 3.05) is 20.7 Å². The predicted octanol–water partition coefficient (Wildman–Crippen LogP) is 3.14. The Morgan fingerprint density at radius 1 is 1.14 bits per heavy atom. The van der Waals surface area contributed by atoms with Crippen LogP contribution in [0.1, 0.15) is 17.2 Å². The molecule has 2 aromatic rings. The van der Waals surface area contributed by atoms with E-state index in [2.05, 4.69) is 0 Å². The van der Waals surface area contributed by atoms with E-state index in [9.17, 15) is 13.9 Å². The molecular formula is C17H19F2NO2. The van der Waals surface area contributed by atoms with Gasteiger partial charge in [-0.1, -0.05) is 18.2 Å². The smallest absolute Gasteiger partial charge is 0.159 e. The lowest BCUT2D eigenvalue weighted by Crippen LogP contribution is -2.24. The summed E-state index contributed by atoms with van der Waals surface area (Å²) in [6.07, 6.45) is -0.689. The number of aliphatic hydroxyl groups is 1. The molecule has 0 aliphatic carbocycles. The Morgan fingerprint density at radius 2 is 1.91 bits per heavy atom. The zero-order chi connectivity index (χ0) is 16.1. The summed E-state index contributed by atoms with van der Waals surface area (Å²) in [6, 6.07) is 11.0. The molecule has 0 saturated carbocycles. The molecule has 2 aromatic carbocycles. The van der Waals surface area contributed by atoms with E-state index in [1.807, 2.05) is 24.1 Å². The molecule has 0 heterocycles. The van der Waals surface area contributed by atoms with Crippen molar-refractivity contribution in [2.45, 2.75) is 12.6 Å². The number of likely N-dealkylation sites (N-methyl/N-ethyl adjacent to an activating group) is 1. The molecule has 2 rings (SSSR count). The number of ether oxygens (including phenoxy) is 1. The highest BCUT2D eigenvalue weighted by atomic mass is 19.2. The van der Waals surface area contributed by atoms with Crippen LogP contribution in [0.2, 0.25) is 0 Å². The third-order valence-electron chi connectivity index (χ3n) is 3.40. The van der Waals surface area contributed by atoms with Crippen LogP contribution in [-0.4, -0.2) is 30.7 Å². The molecule has 1 N–H and O–H groups in total.